The van der Waals surface area contributed by atoms with Crippen LogP contribution in [-0.4, -0.2) is 41.1 Å². The van der Waals surface area contributed by atoms with Crippen LogP contribution in [0.4, 0.5) is 0 Å². The molecule has 1 aromatic heterocycles. The fourth-order valence-electron chi connectivity index (χ4n) is 2.61. The average Bonchev–Trinajstić information content (AvgIpc) is 2.48. The van der Waals surface area contributed by atoms with E-state index in [9.17, 15) is 4.79 Å². The van der Waals surface area contributed by atoms with Gasteiger partial charge in [0.15, 0.2) is 0 Å². The summed E-state index contributed by atoms with van der Waals surface area (Å²) in [6.07, 6.45) is 5.36. The highest BCUT2D eigenvalue weighted by Gasteiger charge is 2.09. The van der Waals surface area contributed by atoms with Crippen molar-refractivity contribution in [3.8, 4) is 5.75 Å². The molecule has 3 rings (SSSR count). The zero-order valence-electron chi connectivity index (χ0n) is 11.5. The molecule has 0 saturated carbocycles. The maximum absolute atomic E-state index is 11.6. The van der Waals surface area contributed by atoms with E-state index in [0.29, 0.717) is 17.5 Å². The van der Waals surface area contributed by atoms with Crippen molar-refractivity contribution in [2.45, 2.75) is 19.3 Å². The summed E-state index contributed by atoms with van der Waals surface area (Å²) in [5, 5.41) is 0.593. The molecule has 1 N–H and O–H groups in total. The van der Waals surface area contributed by atoms with Crippen LogP contribution in [0.3, 0.4) is 0 Å². The molecule has 1 aliphatic heterocycles. The maximum Gasteiger partial charge on any atom is 0.258 e. The summed E-state index contributed by atoms with van der Waals surface area (Å²) in [7, 11) is 0. The Morgan fingerprint density at radius 3 is 2.95 bits per heavy atom. The Kier molecular flexibility index (Phi) is 3.97. The quantitative estimate of drug-likeness (QED) is 0.922. The Labute approximate surface area is 117 Å². The molecule has 1 aromatic carbocycles. The molecular weight excluding hydrogens is 254 g/mol. The van der Waals surface area contributed by atoms with Crippen molar-refractivity contribution in [3.05, 3.63) is 34.9 Å². The summed E-state index contributed by atoms with van der Waals surface area (Å²) in [5.74, 6) is 0.771. The van der Waals surface area contributed by atoms with Crippen LogP contribution in [0.2, 0.25) is 0 Å². The first-order valence-corrected chi connectivity index (χ1v) is 7.15. The van der Waals surface area contributed by atoms with Crippen LogP contribution in [0.5, 0.6) is 5.75 Å². The number of rotatable bonds is 4. The summed E-state index contributed by atoms with van der Waals surface area (Å²) in [4.78, 5) is 20.7. The van der Waals surface area contributed by atoms with E-state index in [0.717, 1.165) is 12.3 Å². The van der Waals surface area contributed by atoms with Gasteiger partial charge in [-0.05, 0) is 38.1 Å². The molecule has 2 aromatic rings. The molecule has 106 valence electrons. The molecule has 1 saturated heterocycles. The highest BCUT2D eigenvalue weighted by atomic mass is 16.5. The van der Waals surface area contributed by atoms with Gasteiger partial charge < -0.3 is 9.72 Å². The number of hydrogen-bond acceptors (Lipinski definition) is 4. The van der Waals surface area contributed by atoms with Crippen LogP contribution in [-0.2, 0) is 0 Å². The average molecular weight is 273 g/mol. The Morgan fingerprint density at radius 2 is 2.10 bits per heavy atom. The fraction of sp³-hybridized carbons (Fsp3) is 0.467. The third-order valence-corrected chi connectivity index (χ3v) is 3.74. The van der Waals surface area contributed by atoms with Crippen molar-refractivity contribution in [2.75, 3.05) is 26.2 Å². The van der Waals surface area contributed by atoms with E-state index in [1.807, 2.05) is 12.1 Å². The van der Waals surface area contributed by atoms with Crippen LogP contribution < -0.4 is 10.3 Å². The largest absolute Gasteiger partial charge is 0.492 e. The fourth-order valence-corrected chi connectivity index (χ4v) is 2.61. The van der Waals surface area contributed by atoms with Crippen LogP contribution in [0.15, 0.2) is 29.3 Å². The van der Waals surface area contributed by atoms with Crippen molar-refractivity contribution >= 4 is 10.9 Å². The van der Waals surface area contributed by atoms with Crippen molar-refractivity contribution in [1.82, 2.24) is 14.9 Å². The molecule has 0 unspecified atom stereocenters. The van der Waals surface area contributed by atoms with E-state index in [1.54, 1.807) is 6.07 Å². The molecule has 0 aliphatic carbocycles. The van der Waals surface area contributed by atoms with E-state index in [1.165, 1.54) is 38.7 Å². The number of aromatic nitrogens is 2. The number of likely N-dealkylation sites (tertiary alicyclic amines) is 1. The van der Waals surface area contributed by atoms with Gasteiger partial charge in [0.2, 0.25) is 0 Å². The third kappa shape index (κ3) is 2.99. The maximum atomic E-state index is 11.6. The lowest BCUT2D eigenvalue weighted by Gasteiger charge is -2.26. The minimum Gasteiger partial charge on any atom is -0.492 e. The zero-order valence-corrected chi connectivity index (χ0v) is 11.5. The van der Waals surface area contributed by atoms with Gasteiger partial charge in [-0.25, -0.2) is 4.98 Å². The van der Waals surface area contributed by atoms with E-state index in [-0.39, 0.29) is 5.56 Å². The Bertz CT molecular complexity index is 632. The molecule has 0 atom stereocenters. The standard InChI is InChI=1S/C15H19N3O2/c19-15-13-5-4-12(10-14(13)16-11-17-15)20-9-8-18-6-2-1-3-7-18/h4-5,10-11H,1-3,6-9H2,(H,16,17,19). The molecule has 0 bridgehead atoms. The second-order valence-electron chi connectivity index (χ2n) is 5.16. The summed E-state index contributed by atoms with van der Waals surface area (Å²) in [6, 6.07) is 5.41. The van der Waals surface area contributed by atoms with Gasteiger partial charge in [-0.3, -0.25) is 9.69 Å². The molecule has 1 aliphatic rings. The first kappa shape index (κ1) is 13.1. The van der Waals surface area contributed by atoms with Gasteiger partial charge in [-0.15, -0.1) is 0 Å². The van der Waals surface area contributed by atoms with Crippen LogP contribution >= 0.6 is 0 Å². The van der Waals surface area contributed by atoms with Crippen LogP contribution in [0, 0.1) is 0 Å². The Morgan fingerprint density at radius 1 is 1.25 bits per heavy atom. The van der Waals surface area contributed by atoms with Crippen LogP contribution in [0.25, 0.3) is 10.9 Å². The summed E-state index contributed by atoms with van der Waals surface area (Å²) in [6.45, 7) is 3.99. The molecule has 0 amide bonds. The van der Waals surface area contributed by atoms with Gasteiger partial charge in [0, 0.05) is 12.6 Å². The number of aromatic amines is 1. The van der Waals surface area contributed by atoms with E-state index in [2.05, 4.69) is 14.9 Å². The van der Waals surface area contributed by atoms with Gasteiger partial charge in [0.25, 0.3) is 5.56 Å². The monoisotopic (exact) mass is 273 g/mol. The second-order valence-corrected chi connectivity index (χ2v) is 5.16. The minimum atomic E-state index is -0.116. The Balaban J connectivity index is 1.61. The summed E-state index contributed by atoms with van der Waals surface area (Å²) < 4.78 is 5.76. The highest BCUT2D eigenvalue weighted by molar-refractivity contribution is 5.78. The zero-order chi connectivity index (χ0) is 13.8. The number of ether oxygens (including phenoxy) is 1. The SMILES string of the molecule is O=c1[nH]cnc2cc(OCCN3CCCCC3)ccc12. The Hall–Kier alpha value is -1.88. The van der Waals surface area contributed by atoms with Gasteiger partial charge >= 0.3 is 0 Å². The van der Waals surface area contributed by atoms with Gasteiger partial charge in [-0.1, -0.05) is 6.42 Å². The van der Waals surface area contributed by atoms with E-state index in [4.69, 9.17) is 4.74 Å². The topological polar surface area (TPSA) is 58.2 Å². The predicted octanol–water partition coefficient (Wildman–Crippen LogP) is 1.79. The summed E-state index contributed by atoms with van der Waals surface area (Å²) in [5.41, 5.74) is 0.555. The first-order valence-electron chi connectivity index (χ1n) is 7.15. The second kappa shape index (κ2) is 6.05. The molecule has 0 spiro atoms. The number of hydrogen-bond donors (Lipinski definition) is 1. The van der Waals surface area contributed by atoms with Gasteiger partial charge in [-0.2, -0.15) is 0 Å². The smallest absolute Gasteiger partial charge is 0.258 e. The van der Waals surface area contributed by atoms with E-state index >= 15 is 0 Å². The van der Waals surface area contributed by atoms with Crippen molar-refractivity contribution in [1.29, 1.82) is 0 Å². The minimum absolute atomic E-state index is 0.116. The number of H-pyrrole nitrogens is 1. The van der Waals surface area contributed by atoms with Crippen molar-refractivity contribution in [2.24, 2.45) is 0 Å². The molecule has 5 nitrogen and oxygen atoms in total. The number of fused-ring (bicyclic) bond motifs is 1. The number of nitrogens with one attached hydrogen (secondary N) is 1. The molecule has 5 heteroatoms. The molecule has 20 heavy (non-hydrogen) atoms. The van der Waals surface area contributed by atoms with Crippen molar-refractivity contribution in [3.63, 3.8) is 0 Å². The normalized spacial score (nSPS) is 16.4. The lowest BCUT2D eigenvalue weighted by Crippen LogP contribution is -2.33. The van der Waals surface area contributed by atoms with E-state index < -0.39 is 0 Å². The number of benzene rings is 1. The van der Waals surface area contributed by atoms with Gasteiger partial charge in [0.05, 0.1) is 17.2 Å². The predicted molar refractivity (Wildman–Crippen MR) is 78.1 cm³/mol. The molecule has 0 radical (unpaired) electrons. The summed E-state index contributed by atoms with van der Waals surface area (Å²) >= 11 is 0. The lowest BCUT2D eigenvalue weighted by molar-refractivity contribution is 0.183. The van der Waals surface area contributed by atoms with Gasteiger partial charge in [0.1, 0.15) is 12.4 Å². The van der Waals surface area contributed by atoms with Crippen molar-refractivity contribution < 1.29 is 4.74 Å². The molecule has 1 fully saturated rings. The molecular formula is C15H19N3O2. The molecule has 2 heterocycles. The number of piperidine rings is 1. The highest BCUT2D eigenvalue weighted by Crippen LogP contribution is 2.16. The third-order valence-electron chi connectivity index (χ3n) is 3.74. The lowest BCUT2D eigenvalue weighted by atomic mass is 10.1. The van der Waals surface area contributed by atoms with Crippen LogP contribution in [0.1, 0.15) is 19.3 Å². The number of nitrogens with zero attached hydrogens (tertiary/aromatic N) is 2. The first-order chi connectivity index (χ1) is 9.83.